The number of fused-ring (bicyclic) bond motifs is 2. The summed E-state index contributed by atoms with van der Waals surface area (Å²) in [5.41, 5.74) is 4.61. The van der Waals surface area contributed by atoms with E-state index in [0.29, 0.717) is 15.7 Å². The van der Waals surface area contributed by atoms with E-state index < -0.39 is 0 Å². The average molecular weight is 527 g/mol. The summed E-state index contributed by atoms with van der Waals surface area (Å²) in [6.07, 6.45) is 1.73. The van der Waals surface area contributed by atoms with Gasteiger partial charge in [0.05, 0.1) is 44.1 Å². The zero-order chi connectivity index (χ0) is 24.6. The van der Waals surface area contributed by atoms with Gasteiger partial charge in [-0.2, -0.15) is 0 Å². The van der Waals surface area contributed by atoms with E-state index in [1.807, 2.05) is 85.1 Å². The largest absolute Gasteiger partial charge is 0.278 e. The predicted molar refractivity (Wildman–Crippen MR) is 149 cm³/mol. The highest BCUT2D eigenvalue weighted by Crippen LogP contribution is 2.36. The van der Waals surface area contributed by atoms with Gasteiger partial charge in [-0.1, -0.05) is 53.3 Å². The van der Waals surface area contributed by atoms with Gasteiger partial charge in [0.25, 0.3) is 5.91 Å². The number of thiazole rings is 1. The van der Waals surface area contributed by atoms with E-state index in [2.05, 4.69) is 4.98 Å². The molecule has 6 rings (SSSR count). The molecule has 4 aromatic heterocycles. The highest BCUT2D eigenvalue weighted by atomic mass is 35.5. The molecule has 0 radical (unpaired) electrons. The average Bonchev–Trinajstić information content (AvgIpc) is 3.60. The molecule has 2 aromatic carbocycles. The minimum atomic E-state index is -0.153. The summed E-state index contributed by atoms with van der Waals surface area (Å²) >= 11 is 9.43. The molecule has 0 aliphatic heterocycles. The van der Waals surface area contributed by atoms with Crippen LogP contribution >= 0.6 is 34.3 Å². The summed E-state index contributed by atoms with van der Waals surface area (Å²) in [5, 5.41) is 4.07. The van der Waals surface area contributed by atoms with Crippen molar-refractivity contribution in [3.8, 4) is 10.6 Å². The summed E-state index contributed by atoms with van der Waals surface area (Å²) in [6.45, 7) is 2.24. The van der Waals surface area contributed by atoms with Crippen molar-refractivity contribution in [2.45, 2.75) is 13.5 Å². The third-order valence-electron chi connectivity index (χ3n) is 5.98. The van der Waals surface area contributed by atoms with Crippen molar-refractivity contribution in [1.29, 1.82) is 0 Å². The van der Waals surface area contributed by atoms with Crippen LogP contribution in [-0.4, -0.2) is 20.9 Å². The van der Waals surface area contributed by atoms with Gasteiger partial charge >= 0.3 is 0 Å². The van der Waals surface area contributed by atoms with Crippen LogP contribution in [0.3, 0.4) is 0 Å². The van der Waals surface area contributed by atoms with Gasteiger partial charge < -0.3 is 0 Å². The highest BCUT2D eigenvalue weighted by Gasteiger charge is 2.25. The first-order chi connectivity index (χ1) is 17.6. The molecule has 176 valence electrons. The van der Waals surface area contributed by atoms with Crippen molar-refractivity contribution < 1.29 is 4.79 Å². The standard InChI is InChI=1S/C28H19ClN4OS2/c1-17-21(29)11-12-25-26(17)32-28(36-25)33(16-18-7-4-5-13-30-18)27(34)20-15-23(24-10-6-14-35-24)31-22-9-3-2-8-19(20)22/h2-15H,16H2,1H3. The third-order valence-corrected chi connectivity index (χ3v) is 8.32. The van der Waals surface area contributed by atoms with Crippen LogP contribution in [0.25, 0.3) is 31.7 Å². The molecule has 36 heavy (non-hydrogen) atoms. The molecule has 0 aliphatic rings. The van der Waals surface area contributed by atoms with Crippen LogP contribution in [0.2, 0.25) is 5.02 Å². The summed E-state index contributed by atoms with van der Waals surface area (Å²) in [7, 11) is 0. The van der Waals surface area contributed by atoms with Crippen molar-refractivity contribution in [3.63, 3.8) is 0 Å². The van der Waals surface area contributed by atoms with Crippen LogP contribution in [-0.2, 0) is 6.54 Å². The Balaban J connectivity index is 1.53. The number of carbonyl (C=O) groups is 1. The molecule has 1 amide bonds. The smallest absolute Gasteiger partial charge is 0.261 e. The molecule has 0 atom stereocenters. The number of rotatable bonds is 5. The lowest BCUT2D eigenvalue weighted by Crippen LogP contribution is -2.31. The Bertz CT molecular complexity index is 1710. The van der Waals surface area contributed by atoms with Crippen LogP contribution in [0.15, 0.2) is 84.4 Å². The maximum atomic E-state index is 14.3. The van der Waals surface area contributed by atoms with Crippen molar-refractivity contribution in [3.05, 3.63) is 106 Å². The number of aromatic nitrogens is 3. The minimum absolute atomic E-state index is 0.153. The summed E-state index contributed by atoms with van der Waals surface area (Å²) in [6, 6.07) is 23.2. The van der Waals surface area contributed by atoms with Crippen LogP contribution < -0.4 is 4.90 Å². The number of hydrogen-bond acceptors (Lipinski definition) is 6. The number of para-hydroxylation sites is 1. The number of nitrogens with zero attached hydrogens (tertiary/aromatic N) is 4. The molecule has 0 spiro atoms. The Kier molecular flexibility index (Phi) is 5.97. The molecule has 0 bridgehead atoms. The van der Waals surface area contributed by atoms with E-state index in [4.69, 9.17) is 21.6 Å². The second kappa shape index (κ2) is 9.43. The lowest BCUT2D eigenvalue weighted by atomic mass is 10.1. The second-order valence-corrected chi connectivity index (χ2v) is 10.6. The molecule has 0 saturated carbocycles. The number of benzene rings is 2. The van der Waals surface area contributed by atoms with E-state index in [-0.39, 0.29) is 12.5 Å². The number of thiophene rings is 1. The Morgan fingerprint density at radius 2 is 1.86 bits per heavy atom. The van der Waals surface area contributed by atoms with Gasteiger partial charge in [-0.05, 0) is 60.3 Å². The Hall–Kier alpha value is -3.65. The van der Waals surface area contributed by atoms with Gasteiger partial charge in [0.2, 0.25) is 0 Å². The normalized spacial score (nSPS) is 11.3. The number of anilines is 1. The van der Waals surface area contributed by atoms with Crippen LogP contribution in [0.1, 0.15) is 21.6 Å². The molecule has 5 nitrogen and oxygen atoms in total. The Morgan fingerprint density at radius 1 is 1.00 bits per heavy atom. The molecular formula is C28H19ClN4OS2. The molecular weight excluding hydrogens is 508 g/mol. The quantitative estimate of drug-likeness (QED) is 0.230. The van der Waals surface area contributed by atoms with Gasteiger partial charge in [0.1, 0.15) is 0 Å². The molecule has 0 N–H and O–H groups in total. The van der Waals surface area contributed by atoms with Crippen molar-refractivity contribution >= 4 is 66.4 Å². The summed E-state index contributed by atoms with van der Waals surface area (Å²) in [4.78, 5) is 31.2. The zero-order valence-electron chi connectivity index (χ0n) is 19.2. The minimum Gasteiger partial charge on any atom is -0.278 e. The van der Waals surface area contributed by atoms with Gasteiger partial charge in [-0.15, -0.1) is 11.3 Å². The maximum absolute atomic E-state index is 14.3. The van der Waals surface area contributed by atoms with E-state index >= 15 is 0 Å². The fraction of sp³-hybridized carbons (Fsp3) is 0.0714. The van der Waals surface area contributed by atoms with E-state index in [1.165, 1.54) is 11.3 Å². The lowest BCUT2D eigenvalue weighted by Gasteiger charge is -2.21. The lowest BCUT2D eigenvalue weighted by molar-refractivity contribution is 0.0986. The molecule has 8 heteroatoms. The van der Waals surface area contributed by atoms with Gasteiger partial charge in [0, 0.05) is 16.6 Å². The predicted octanol–water partition coefficient (Wildman–Crippen LogP) is 7.78. The van der Waals surface area contributed by atoms with Crippen molar-refractivity contribution in [2.75, 3.05) is 4.90 Å². The fourth-order valence-electron chi connectivity index (χ4n) is 4.13. The van der Waals surface area contributed by atoms with Crippen LogP contribution in [0.5, 0.6) is 0 Å². The first-order valence-corrected chi connectivity index (χ1v) is 13.4. The van der Waals surface area contributed by atoms with Crippen molar-refractivity contribution in [2.24, 2.45) is 0 Å². The molecule has 0 aliphatic carbocycles. The van der Waals surface area contributed by atoms with Gasteiger partial charge in [0.15, 0.2) is 5.13 Å². The molecule has 0 fully saturated rings. The summed E-state index contributed by atoms with van der Waals surface area (Å²) in [5.74, 6) is -0.153. The molecule has 6 aromatic rings. The maximum Gasteiger partial charge on any atom is 0.261 e. The number of pyridine rings is 2. The third kappa shape index (κ3) is 4.15. The van der Waals surface area contributed by atoms with Crippen LogP contribution in [0, 0.1) is 6.92 Å². The SMILES string of the molecule is Cc1c(Cl)ccc2sc(N(Cc3ccccn3)C(=O)c3cc(-c4cccs4)nc4ccccc34)nc12. The fourth-order valence-corrected chi connectivity index (χ4v) is 5.99. The van der Waals surface area contributed by atoms with E-state index in [9.17, 15) is 4.79 Å². The summed E-state index contributed by atoms with van der Waals surface area (Å²) < 4.78 is 0.976. The monoisotopic (exact) mass is 526 g/mol. The first-order valence-electron chi connectivity index (χ1n) is 11.3. The highest BCUT2D eigenvalue weighted by molar-refractivity contribution is 7.22. The molecule has 4 heterocycles. The van der Waals surface area contributed by atoms with Gasteiger partial charge in [-0.3, -0.25) is 14.7 Å². The number of carbonyl (C=O) groups excluding carboxylic acids is 1. The van der Waals surface area contributed by atoms with Gasteiger partial charge in [-0.25, -0.2) is 9.97 Å². The van der Waals surface area contributed by atoms with Crippen molar-refractivity contribution in [1.82, 2.24) is 15.0 Å². The number of aryl methyl sites for hydroxylation is 1. The van der Waals surface area contributed by atoms with Crippen LogP contribution in [0.4, 0.5) is 5.13 Å². The molecule has 0 saturated heterocycles. The Labute approximate surface area is 220 Å². The Morgan fingerprint density at radius 3 is 2.67 bits per heavy atom. The number of hydrogen-bond donors (Lipinski definition) is 0. The number of amides is 1. The second-order valence-electron chi connectivity index (χ2n) is 8.28. The molecule has 0 unspecified atom stereocenters. The zero-order valence-corrected chi connectivity index (χ0v) is 21.6. The van der Waals surface area contributed by atoms with E-state index in [1.54, 1.807) is 22.4 Å². The van der Waals surface area contributed by atoms with E-state index in [0.717, 1.165) is 42.9 Å². The first kappa shape index (κ1) is 22.8. The topological polar surface area (TPSA) is 59.0 Å². The number of halogens is 1.